The quantitative estimate of drug-likeness (QED) is 0.780. The average molecular weight is 249 g/mol. The van der Waals surface area contributed by atoms with Crippen LogP contribution in [0.2, 0.25) is 0 Å². The Bertz CT molecular complexity index is 499. The van der Waals surface area contributed by atoms with Crippen molar-refractivity contribution in [2.75, 3.05) is 0 Å². The Morgan fingerprint density at radius 3 is 2.79 bits per heavy atom. The first-order chi connectivity index (χ1) is 6.79. The van der Waals surface area contributed by atoms with Crippen LogP contribution in [0.4, 0.5) is 0 Å². The van der Waals surface area contributed by atoms with Crippen LogP contribution in [0.3, 0.4) is 0 Å². The summed E-state index contributed by atoms with van der Waals surface area (Å²) < 4.78 is 5.96. The number of hydrogen-bond donors (Lipinski definition) is 0. The molecule has 2 heterocycles. The van der Waals surface area contributed by atoms with Crippen molar-refractivity contribution in [3.8, 4) is 17.5 Å². The summed E-state index contributed by atoms with van der Waals surface area (Å²) >= 11 is 3.21. The lowest BCUT2D eigenvalue weighted by molar-refractivity contribution is 0.553. The van der Waals surface area contributed by atoms with Gasteiger partial charge in [-0.15, -0.1) is 0 Å². The smallest absolute Gasteiger partial charge is 0.169 e. The molecular formula is C10H5BrN2O. The van der Waals surface area contributed by atoms with Gasteiger partial charge in [-0.2, -0.15) is 5.26 Å². The molecule has 0 aliphatic rings. The maximum Gasteiger partial charge on any atom is 0.169 e. The zero-order valence-electron chi connectivity index (χ0n) is 7.07. The summed E-state index contributed by atoms with van der Waals surface area (Å²) in [5.74, 6) is 0.647. The normalized spacial score (nSPS) is 9.71. The molecule has 0 unspecified atom stereocenters. The van der Waals surface area contributed by atoms with Gasteiger partial charge in [0.2, 0.25) is 0 Å². The number of hydrogen-bond acceptors (Lipinski definition) is 3. The lowest BCUT2D eigenvalue weighted by atomic mass is 10.2. The van der Waals surface area contributed by atoms with E-state index < -0.39 is 0 Å². The average Bonchev–Trinajstić information content (AvgIpc) is 2.65. The van der Waals surface area contributed by atoms with Gasteiger partial charge in [0.25, 0.3) is 0 Å². The van der Waals surface area contributed by atoms with Crippen molar-refractivity contribution < 1.29 is 4.42 Å². The van der Waals surface area contributed by atoms with Crippen molar-refractivity contribution in [3.63, 3.8) is 0 Å². The number of pyridine rings is 1. The van der Waals surface area contributed by atoms with Crippen LogP contribution < -0.4 is 0 Å². The molecule has 0 radical (unpaired) electrons. The van der Waals surface area contributed by atoms with Gasteiger partial charge in [0.05, 0.1) is 0 Å². The van der Waals surface area contributed by atoms with E-state index in [-0.39, 0.29) is 0 Å². The third-order valence-corrected chi connectivity index (χ3v) is 2.12. The van der Waals surface area contributed by atoms with E-state index >= 15 is 0 Å². The largest absolute Gasteiger partial charge is 0.448 e. The third kappa shape index (κ3) is 1.68. The lowest BCUT2D eigenvalue weighted by Crippen LogP contribution is -1.84. The Labute approximate surface area is 89.1 Å². The van der Waals surface area contributed by atoms with Gasteiger partial charge in [-0.25, -0.2) is 4.98 Å². The molecule has 0 aromatic carbocycles. The molecule has 0 spiro atoms. The van der Waals surface area contributed by atoms with Gasteiger partial charge in [-0.3, -0.25) is 0 Å². The van der Waals surface area contributed by atoms with E-state index in [0.29, 0.717) is 21.8 Å². The molecular weight excluding hydrogens is 244 g/mol. The van der Waals surface area contributed by atoms with E-state index in [0.717, 1.165) is 0 Å². The molecule has 14 heavy (non-hydrogen) atoms. The highest BCUT2D eigenvalue weighted by Gasteiger charge is 2.04. The van der Waals surface area contributed by atoms with E-state index in [1.165, 1.54) is 0 Å². The standard InChI is InChI=1S/C10H5BrN2O/c11-10-5-4-9(14-10)8-3-1-2-7(6-12)13-8/h1-5H. The van der Waals surface area contributed by atoms with Crippen LogP contribution in [0.15, 0.2) is 39.4 Å². The fourth-order valence-corrected chi connectivity index (χ4v) is 1.39. The number of rotatable bonds is 1. The molecule has 0 aliphatic carbocycles. The molecule has 0 N–H and O–H groups in total. The molecule has 0 fully saturated rings. The number of nitriles is 1. The summed E-state index contributed by atoms with van der Waals surface area (Å²) in [5.41, 5.74) is 1.05. The summed E-state index contributed by atoms with van der Waals surface area (Å²) in [7, 11) is 0. The van der Waals surface area contributed by atoms with Crippen molar-refractivity contribution in [1.82, 2.24) is 4.98 Å². The predicted octanol–water partition coefficient (Wildman–Crippen LogP) is 2.98. The molecule has 2 rings (SSSR count). The van der Waals surface area contributed by atoms with Gasteiger partial charge in [0.1, 0.15) is 17.5 Å². The van der Waals surface area contributed by atoms with Crippen LogP contribution in [0.25, 0.3) is 11.5 Å². The fourth-order valence-electron chi connectivity index (χ4n) is 1.09. The predicted molar refractivity (Wildman–Crippen MR) is 54.4 cm³/mol. The number of halogens is 1. The molecule has 0 amide bonds. The Morgan fingerprint density at radius 1 is 1.29 bits per heavy atom. The van der Waals surface area contributed by atoms with Crippen molar-refractivity contribution in [1.29, 1.82) is 5.26 Å². The van der Waals surface area contributed by atoms with Gasteiger partial charge >= 0.3 is 0 Å². The SMILES string of the molecule is N#Cc1cccc(-c2ccc(Br)o2)n1. The molecule has 0 atom stereocenters. The Morgan fingerprint density at radius 2 is 2.14 bits per heavy atom. The Kier molecular flexibility index (Phi) is 2.33. The number of nitrogens with zero attached hydrogens (tertiary/aromatic N) is 2. The molecule has 0 saturated carbocycles. The van der Waals surface area contributed by atoms with Crippen LogP contribution in [-0.4, -0.2) is 4.98 Å². The Hall–Kier alpha value is -1.60. The van der Waals surface area contributed by atoms with Gasteiger partial charge in [-0.1, -0.05) is 6.07 Å². The van der Waals surface area contributed by atoms with Gasteiger partial charge in [0, 0.05) is 0 Å². The monoisotopic (exact) mass is 248 g/mol. The second-order valence-corrected chi connectivity index (χ2v) is 3.41. The lowest BCUT2D eigenvalue weighted by Gasteiger charge is -1.95. The second-order valence-electron chi connectivity index (χ2n) is 2.62. The first kappa shape index (κ1) is 8.97. The van der Waals surface area contributed by atoms with E-state index in [9.17, 15) is 0 Å². The zero-order valence-corrected chi connectivity index (χ0v) is 8.65. The van der Waals surface area contributed by atoms with Crippen LogP contribution in [0.5, 0.6) is 0 Å². The van der Waals surface area contributed by atoms with Crippen molar-refractivity contribution in [2.24, 2.45) is 0 Å². The molecule has 3 nitrogen and oxygen atoms in total. The molecule has 68 valence electrons. The molecule has 2 aromatic rings. The van der Waals surface area contributed by atoms with E-state index in [1.807, 2.05) is 6.07 Å². The van der Waals surface area contributed by atoms with Crippen molar-refractivity contribution in [2.45, 2.75) is 0 Å². The molecule has 0 aliphatic heterocycles. The highest BCUT2D eigenvalue weighted by atomic mass is 79.9. The molecule has 4 heteroatoms. The van der Waals surface area contributed by atoms with Gasteiger partial charge in [0.15, 0.2) is 10.4 Å². The maximum absolute atomic E-state index is 8.66. The molecule has 0 bridgehead atoms. The fraction of sp³-hybridized carbons (Fsp3) is 0. The Balaban J connectivity index is 2.47. The maximum atomic E-state index is 8.66. The molecule has 0 saturated heterocycles. The van der Waals surface area contributed by atoms with Gasteiger partial charge in [-0.05, 0) is 40.2 Å². The summed E-state index contributed by atoms with van der Waals surface area (Å²) in [6.07, 6.45) is 0. The number of furan rings is 1. The first-order valence-electron chi connectivity index (χ1n) is 3.92. The highest BCUT2D eigenvalue weighted by molar-refractivity contribution is 9.10. The summed E-state index contributed by atoms with van der Waals surface area (Å²) in [6, 6.07) is 10.8. The highest BCUT2D eigenvalue weighted by Crippen LogP contribution is 2.23. The minimum absolute atomic E-state index is 0.384. The van der Waals surface area contributed by atoms with E-state index in [4.69, 9.17) is 9.68 Å². The first-order valence-corrected chi connectivity index (χ1v) is 4.72. The summed E-state index contributed by atoms with van der Waals surface area (Å²) in [5, 5.41) is 8.66. The zero-order chi connectivity index (χ0) is 9.97. The summed E-state index contributed by atoms with van der Waals surface area (Å²) in [6.45, 7) is 0. The van der Waals surface area contributed by atoms with Crippen molar-refractivity contribution >= 4 is 15.9 Å². The summed E-state index contributed by atoms with van der Waals surface area (Å²) in [4.78, 5) is 4.10. The van der Waals surface area contributed by atoms with E-state index in [1.54, 1.807) is 30.3 Å². The van der Waals surface area contributed by atoms with Crippen LogP contribution in [0.1, 0.15) is 5.69 Å². The minimum Gasteiger partial charge on any atom is -0.448 e. The van der Waals surface area contributed by atoms with Crippen LogP contribution in [0, 0.1) is 11.3 Å². The number of aromatic nitrogens is 1. The second kappa shape index (κ2) is 3.64. The van der Waals surface area contributed by atoms with Crippen LogP contribution in [-0.2, 0) is 0 Å². The van der Waals surface area contributed by atoms with E-state index in [2.05, 4.69) is 20.9 Å². The van der Waals surface area contributed by atoms with Crippen LogP contribution >= 0.6 is 15.9 Å². The molecule has 2 aromatic heterocycles. The topological polar surface area (TPSA) is 49.8 Å². The van der Waals surface area contributed by atoms with Crippen molar-refractivity contribution in [3.05, 3.63) is 40.7 Å². The van der Waals surface area contributed by atoms with Gasteiger partial charge < -0.3 is 4.42 Å². The minimum atomic E-state index is 0.384. The third-order valence-electron chi connectivity index (χ3n) is 1.69.